The third-order valence-corrected chi connectivity index (χ3v) is 4.36. The monoisotopic (exact) mass is 308 g/mol. The second-order valence-corrected chi connectivity index (χ2v) is 6.84. The van der Waals surface area contributed by atoms with Crippen LogP contribution in [-0.2, 0) is 16.2 Å². The number of nitrogens with one attached hydrogen (secondary N) is 1. The lowest BCUT2D eigenvalue weighted by molar-refractivity contribution is -0.137. The molecule has 0 fully saturated rings. The Kier molecular flexibility index (Phi) is 3.72. The predicted octanol–water partition coefficient (Wildman–Crippen LogP) is 2.42. The Hall–Kier alpha value is -1.28. The van der Waals surface area contributed by atoms with Gasteiger partial charge >= 0.3 is 6.18 Å². The van der Waals surface area contributed by atoms with Crippen LogP contribution in [0.1, 0.15) is 19.4 Å². The molecule has 0 radical (unpaired) electrons. The van der Waals surface area contributed by atoms with Crippen molar-refractivity contribution >= 4 is 15.7 Å². The quantitative estimate of drug-likeness (QED) is 0.913. The van der Waals surface area contributed by atoms with E-state index < -0.39 is 21.8 Å². The van der Waals surface area contributed by atoms with Crippen LogP contribution < -0.4 is 9.62 Å². The maximum absolute atomic E-state index is 12.7. The Morgan fingerprint density at radius 1 is 1.35 bits per heavy atom. The van der Waals surface area contributed by atoms with Crippen LogP contribution >= 0.6 is 0 Å². The molecule has 1 heterocycles. The minimum Gasteiger partial charge on any atom is -0.356 e. The molecule has 0 atom stereocenters. The number of fused-ring (bicyclic) bond motifs is 1. The Morgan fingerprint density at radius 2 is 2.00 bits per heavy atom. The van der Waals surface area contributed by atoms with Gasteiger partial charge in [0.15, 0.2) is 0 Å². The number of benzene rings is 1. The standard InChI is InChI=1S/C12H15F3N2O2S/c1-8(2)6-17-7-16-20(18,19)11-5-9(12(13,14)15)3-4-10(11)17/h3-5,8,16H,6-7H2,1-2H3. The molecular formula is C12H15F3N2O2S. The van der Waals surface area contributed by atoms with E-state index >= 15 is 0 Å². The molecule has 2 rings (SSSR count). The Labute approximate surface area is 115 Å². The fourth-order valence-electron chi connectivity index (χ4n) is 2.10. The molecule has 0 amide bonds. The van der Waals surface area contributed by atoms with Gasteiger partial charge in [-0.05, 0) is 24.1 Å². The third-order valence-electron chi connectivity index (χ3n) is 2.95. The zero-order chi connectivity index (χ0) is 15.1. The van der Waals surface area contributed by atoms with Gasteiger partial charge in [-0.3, -0.25) is 0 Å². The second-order valence-electron chi connectivity index (χ2n) is 5.10. The van der Waals surface area contributed by atoms with E-state index in [4.69, 9.17) is 0 Å². The maximum atomic E-state index is 12.7. The number of alkyl halides is 3. The molecule has 0 unspecified atom stereocenters. The summed E-state index contributed by atoms with van der Waals surface area (Å²) in [7, 11) is -3.89. The normalized spacial score (nSPS) is 18.2. The van der Waals surface area contributed by atoms with E-state index in [2.05, 4.69) is 4.72 Å². The summed E-state index contributed by atoms with van der Waals surface area (Å²) in [6.45, 7) is 4.53. The van der Waals surface area contributed by atoms with Gasteiger partial charge in [0.1, 0.15) is 4.90 Å². The number of halogens is 3. The number of nitrogens with zero attached hydrogens (tertiary/aromatic N) is 1. The first-order valence-corrected chi connectivity index (χ1v) is 7.55. The number of hydrogen-bond donors (Lipinski definition) is 1. The highest BCUT2D eigenvalue weighted by atomic mass is 32.2. The van der Waals surface area contributed by atoms with E-state index in [1.165, 1.54) is 6.07 Å². The summed E-state index contributed by atoms with van der Waals surface area (Å²) in [5.41, 5.74) is -0.654. The Morgan fingerprint density at radius 3 is 2.55 bits per heavy atom. The summed E-state index contributed by atoms with van der Waals surface area (Å²) >= 11 is 0. The van der Waals surface area contributed by atoms with Gasteiger partial charge in [0.05, 0.1) is 17.9 Å². The van der Waals surface area contributed by atoms with Crippen molar-refractivity contribution in [2.45, 2.75) is 24.9 Å². The first-order valence-electron chi connectivity index (χ1n) is 6.07. The van der Waals surface area contributed by atoms with Crippen LogP contribution in [0.3, 0.4) is 0 Å². The second kappa shape index (κ2) is 4.92. The summed E-state index contributed by atoms with van der Waals surface area (Å²) in [5.74, 6) is 0.257. The van der Waals surface area contributed by atoms with E-state index in [1.807, 2.05) is 13.8 Å². The average molecular weight is 308 g/mol. The van der Waals surface area contributed by atoms with Crippen LogP contribution in [0.4, 0.5) is 18.9 Å². The van der Waals surface area contributed by atoms with Gasteiger partial charge in [-0.25, -0.2) is 8.42 Å². The van der Waals surface area contributed by atoms with Crippen LogP contribution in [0.5, 0.6) is 0 Å². The fourth-order valence-corrected chi connectivity index (χ4v) is 3.33. The first kappa shape index (κ1) is 15.1. The van der Waals surface area contributed by atoms with E-state index in [0.717, 1.165) is 6.07 Å². The summed E-state index contributed by atoms with van der Waals surface area (Å²) in [5, 5.41) is 0. The number of sulfonamides is 1. The molecule has 1 aromatic carbocycles. The zero-order valence-corrected chi connectivity index (χ0v) is 11.8. The summed E-state index contributed by atoms with van der Waals surface area (Å²) in [6.07, 6.45) is -4.56. The molecule has 0 saturated heterocycles. The van der Waals surface area contributed by atoms with Gasteiger partial charge in [0, 0.05) is 6.54 Å². The summed E-state index contributed by atoms with van der Waals surface area (Å²) < 4.78 is 64.1. The van der Waals surface area contributed by atoms with Crippen molar-refractivity contribution in [3.63, 3.8) is 0 Å². The largest absolute Gasteiger partial charge is 0.416 e. The highest BCUT2D eigenvalue weighted by Gasteiger charge is 2.35. The van der Waals surface area contributed by atoms with E-state index in [0.29, 0.717) is 18.3 Å². The third kappa shape index (κ3) is 2.90. The molecule has 1 aliphatic rings. The van der Waals surface area contributed by atoms with E-state index in [-0.39, 0.29) is 17.5 Å². The highest BCUT2D eigenvalue weighted by molar-refractivity contribution is 7.89. The number of anilines is 1. The molecule has 0 bridgehead atoms. The average Bonchev–Trinajstić information content (AvgIpc) is 2.31. The van der Waals surface area contributed by atoms with Crippen LogP contribution in [0.15, 0.2) is 23.1 Å². The van der Waals surface area contributed by atoms with Crippen molar-refractivity contribution in [2.24, 2.45) is 5.92 Å². The summed E-state index contributed by atoms with van der Waals surface area (Å²) in [6, 6.07) is 2.82. The van der Waals surface area contributed by atoms with Gasteiger partial charge in [0.2, 0.25) is 10.0 Å². The molecule has 1 aliphatic heterocycles. The van der Waals surface area contributed by atoms with Crippen molar-refractivity contribution in [3.05, 3.63) is 23.8 Å². The number of rotatable bonds is 2. The first-order chi connectivity index (χ1) is 9.11. The molecule has 112 valence electrons. The lowest BCUT2D eigenvalue weighted by Gasteiger charge is -2.33. The van der Waals surface area contributed by atoms with Gasteiger partial charge in [0.25, 0.3) is 0 Å². The molecular weight excluding hydrogens is 293 g/mol. The Balaban J connectivity index is 2.53. The minimum absolute atomic E-state index is 0.0683. The van der Waals surface area contributed by atoms with Gasteiger partial charge < -0.3 is 4.90 Å². The van der Waals surface area contributed by atoms with Crippen molar-refractivity contribution in [2.75, 3.05) is 18.1 Å². The van der Waals surface area contributed by atoms with Gasteiger partial charge in [-0.15, -0.1) is 0 Å². The van der Waals surface area contributed by atoms with Gasteiger partial charge in [-0.1, -0.05) is 13.8 Å². The molecule has 8 heteroatoms. The van der Waals surface area contributed by atoms with Crippen molar-refractivity contribution < 1.29 is 21.6 Å². The molecule has 1 aromatic rings. The van der Waals surface area contributed by atoms with Crippen LogP contribution in [0, 0.1) is 5.92 Å². The van der Waals surface area contributed by atoms with Crippen LogP contribution in [0.2, 0.25) is 0 Å². The molecule has 1 N–H and O–H groups in total. The van der Waals surface area contributed by atoms with Crippen molar-refractivity contribution in [1.29, 1.82) is 0 Å². The molecule has 0 saturated carbocycles. The predicted molar refractivity (Wildman–Crippen MR) is 68.8 cm³/mol. The van der Waals surface area contributed by atoms with Crippen LogP contribution in [0.25, 0.3) is 0 Å². The topological polar surface area (TPSA) is 49.4 Å². The number of hydrogen-bond acceptors (Lipinski definition) is 3. The lowest BCUT2D eigenvalue weighted by atomic mass is 10.1. The van der Waals surface area contributed by atoms with Crippen LogP contribution in [-0.4, -0.2) is 21.6 Å². The van der Waals surface area contributed by atoms with E-state index in [9.17, 15) is 21.6 Å². The maximum Gasteiger partial charge on any atom is 0.416 e. The minimum atomic E-state index is -4.56. The van der Waals surface area contributed by atoms with Crippen molar-refractivity contribution in [1.82, 2.24) is 4.72 Å². The summed E-state index contributed by atoms with van der Waals surface area (Å²) in [4.78, 5) is 1.40. The lowest BCUT2D eigenvalue weighted by Crippen LogP contribution is -2.44. The molecule has 0 aliphatic carbocycles. The fraction of sp³-hybridized carbons (Fsp3) is 0.500. The molecule has 0 spiro atoms. The van der Waals surface area contributed by atoms with Crippen molar-refractivity contribution in [3.8, 4) is 0 Å². The Bertz CT molecular complexity index is 612. The molecule has 0 aromatic heterocycles. The van der Waals surface area contributed by atoms with Gasteiger partial charge in [-0.2, -0.15) is 17.9 Å². The van der Waals surface area contributed by atoms with E-state index in [1.54, 1.807) is 4.90 Å². The zero-order valence-electron chi connectivity index (χ0n) is 11.0. The smallest absolute Gasteiger partial charge is 0.356 e. The SMILES string of the molecule is CC(C)CN1CNS(=O)(=O)c2cc(C(F)(F)F)ccc21. The molecule has 20 heavy (non-hydrogen) atoms. The molecule has 4 nitrogen and oxygen atoms in total. The highest BCUT2D eigenvalue weighted by Crippen LogP contribution is 2.36.